The number of hydrogen-bond acceptors (Lipinski definition) is 1. The highest BCUT2D eigenvalue weighted by atomic mass is 127. The minimum absolute atomic E-state index is 0. The molecular formula is C15H11F3INO. The van der Waals surface area contributed by atoms with Crippen molar-refractivity contribution < 1.29 is 46.1 Å². The van der Waals surface area contributed by atoms with Crippen molar-refractivity contribution in [1.29, 1.82) is 0 Å². The van der Waals surface area contributed by atoms with Crippen LogP contribution in [0.2, 0.25) is 0 Å². The van der Waals surface area contributed by atoms with Gasteiger partial charge in [-0.2, -0.15) is 13.2 Å². The summed E-state index contributed by atoms with van der Waals surface area (Å²) in [4.78, 5) is 0. The summed E-state index contributed by atoms with van der Waals surface area (Å²) in [6, 6.07) is 8.81. The van der Waals surface area contributed by atoms with E-state index in [0.29, 0.717) is 16.7 Å². The topological polar surface area (TPSA) is 17.0 Å². The molecule has 0 spiro atoms. The Balaban J connectivity index is 0.00000161. The summed E-state index contributed by atoms with van der Waals surface area (Å²) >= 11 is 0. The summed E-state index contributed by atoms with van der Waals surface area (Å²) in [5.74, 6) is 0.555. The van der Waals surface area contributed by atoms with Crippen LogP contribution >= 0.6 is 0 Å². The Morgan fingerprint density at radius 1 is 1.00 bits per heavy atom. The van der Waals surface area contributed by atoms with E-state index in [2.05, 4.69) is 0 Å². The Kier molecular flexibility index (Phi) is 4.27. The number of halogens is 4. The average molecular weight is 405 g/mol. The second kappa shape index (κ2) is 5.67. The van der Waals surface area contributed by atoms with Crippen LogP contribution in [0.25, 0.3) is 22.3 Å². The molecule has 6 heteroatoms. The Labute approximate surface area is 136 Å². The van der Waals surface area contributed by atoms with E-state index in [4.69, 9.17) is 4.42 Å². The molecule has 0 aliphatic carbocycles. The van der Waals surface area contributed by atoms with Crippen LogP contribution in [0.5, 0.6) is 0 Å². The van der Waals surface area contributed by atoms with Gasteiger partial charge in [-0.1, -0.05) is 0 Å². The van der Waals surface area contributed by atoms with Gasteiger partial charge in [-0.15, -0.1) is 0 Å². The Bertz CT molecular complexity index is 763. The molecule has 0 bridgehead atoms. The molecule has 1 aromatic carbocycles. The molecule has 0 N–H and O–H groups in total. The lowest BCUT2D eigenvalue weighted by Gasteiger charge is -2.04. The van der Waals surface area contributed by atoms with Crippen LogP contribution in [-0.2, 0) is 13.2 Å². The van der Waals surface area contributed by atoms with Gasteiger partial charge in [-0.3, -0.25) is 0 Å². The highest BCUT2D eigenvalue weighted by Crippen LogP contribution is 2.34. The highest BCUT2D eigenvalue weighted by molar-refractivity contribution is 5.83. The minimum Gasteiger partial charge on any atom is -1.00 e. The van der Waals surface area contributed by atoms with Gasteiger partial charge >= 0.3 is 6.18 Å². The Hall–Kier alpha value is -1.57. The van der Waals surface area contributed by atoms with Crippen LogP contribution in [-0.4, -0.2) is 0 Å². The standard InChI is InChI=1S/C15H11F3NO.HI/c1-19-6-4-10(5-7-19)14-9-11-8-12(15(16,17)18)2-3-13(11)20-14;/h2-9H,1H3;1H/q+1;/p-1. The molecule has 0 aliphatic rings. The van der Waals surface area contributed by atoms with Gasteiger partial charge < -0.3 is 28.4 Å². The first-order chi connectivity index (χ1) is 9.43. The fourth-order valence-electron chi connectivity index (χ4n) is 2.03. The molecule has 0 fully saturated rings. The number of alkyl halides is 3. The molecule has 2 nitrogen and oxygen atoms in total. The van der Waals surface area contributed by atoms with Gasteiger partial charge in [-0.05, 0) is 24.3 Å². The van der Waals surface area contributed by atoms with Gasteiger partial charge in [0.2, 0.25) is 0 Å². The van der Waals surface area contributed by atoms with Gasteiger partial charge in [0.1, 0.15) is 18.4 Å². The first-order valence-electron chi connectivity index (χ1n) is 6.00. The first-order valence-corrected chi connectivity index (χ1v) is 6.00. The summed E-state index contributed by atoms with van der Waals surface area (Å²) in [5, 5.41) is 0.447. The second-order valence-corrected chi connectivity index (χ2v) is 4.61. The summed E-state index contributed by atoms with van der Waals surface area (Å²) < 4.78 is 45.4. The third-order valence-electron chi connectivity index (χ3n) is 3.11. The van der Waals surface area contributed by atoms with Gasteiger partial charge in [0.25, 0.3) is 0 Å². The van der Waals surface area contributed by atoms with Crippen molar-refractivity contribution in [1.82, 2.24) is 0 Å². The van der Waals surface area contributed by atoms with Gasteiger partial charge in [0, 0.05) is 23.1 Å². The molecule has 110 valence electrons. The molecule has 21 heavy (non-hydrogen) atoms. The molecule has 2 heterocycles. The molecule has 0 unspecified atom stereocenters. The number of pyridine rings is 1. The lowest BCUT2D eigenvalue weighted by atomic mass is 10.1. The van der Waals surface area contributed by atoms with Crippen molar-refractivity contribution >= 4 is 11.0 Å². The number of fused-ring (bicyclic) bond motifs is 1. The maximum atomic E-state index is 12.7. The number of nitrogens with zero attached hydrogens (tertiary/aromatic N) is 1. The summed E-state index contributed by atoms with van der Waals surface area (Å²) in [7, 11) is 1.89. The normalized spacial score (nSPS) is 11.4. The lowest BCUT2D eigenvalue weighted by Crippen LogP contribution is -3.00. The quantitative estimate of drug-likeness (QED) is 0.436. The first kappa shape index (κ1) is 15.8. The summed E-state index contributed by atoms with van der Waals surface area (Å²) in [5.41, 5.74) is 0.603. The molecule has 2 aromatic heterocycles. The molecular weight excluding hydrogens is 394 g/mol. The maximum absolute atomic E-state index is 12.7. The van der Waals surface area contributed by atoms with Crippen LogP contribution in [0.3, 0.4) is 0 Å². The maximum Gasteiger partial charge on any atom is 0.416 e. The summed E-state index contributed by atoms with van der Waals surface area (Å²) in [6.45, 7) is 0. The molecule has 0 amide bonds. The number of furan rings is 1. The van der Waals surface area contributed by atoms with Crippen molar-refractivity contribution in [3.63, 3.8) is 0 Å². The zero-order valence-electron chi connectivity index (χ0n) is 11.0. The van der Waals surface area contributed by atoms with Crippen molar-refractivity contribution in [3.05, 3.63) is 54.4 Å². The summed E-state index contributed by atoms with van der Waals surface area (Å²) in [6.07, 6.45) is -0.639. The van der Waals surface area contributed by atoms with E-state index in [1.54, 1.807) is 6.07 Å². The molecule has 0 radical (unpaired) electrons. The predicted octanol–water partition coefficient (Wildman–Crippen LogP) is 0.947. The van der Waals surface area contributed by atoms with Crippen molar-refractivity contribution in [2.45, 2.75) is 6.18 Å². The molecule has 0 saturated heterocycles. The van der Waals surface area contributed by atoms with Crippen LogP contribution in [0.15, 0.2) is 53.2 Å². The van der Waals surface area contributed by atoms with Crippen LogP contribution < -0.4 is 28.5 Å². The number of benzene rings is 1. The zero-order valence-corrected chi connectivity index (χ0v) is 13.1. The zero-order chi connectivity index (χ0) is 14.3. The fraction of sp³-hybridized carbons (Fsp3) is 0.133. The SMILES string of the molecule is C[n+]1ccc(-c2cc3cc(C(F)(F)F)ccc3o2)cc1.[I-]. The Morgan fingerprint density at radius 3 is 2.29 bits per heavy atom. The molecule has 0 saturated carbocycles. The monoisotopic (exact) mass is 405 g/mol. The number of rotatable bonds is 1. The average Bonchev–Trinajstić information content (AvgIpc) is 2.81. The molecule has 3 aromatic rings. The number of aryl methyl sites for hydroxylation is 1. The number of aromatic nitrogens is 1. The molecule has 3 rings (SSSR count). The van der Waals surface area contributed by atoms with Gasteiger partial charge in [0.15, 0.2) is 12.4 Å². The van der Waals surface area contributed by atoms with Crippen LogP contribution in [0, 0.1) is 0 Å². The number of hydrogen-bond donors (Lipinski definition) is 0. The highest BCUT2D eigenvalue weighted by Gasteiger charge is 2.30. The fourth-order valence-corrected chi connectivity index (χ4v) is 2.03. The van der Waals surface area contributed by atoms with E-state index >= 15 is 0 Å². The molecule has 0 atom stereocenters. The van der Waals surface area contributed by atoms with E-state index in [1.165, 1.54) is 6.07 Å². The van der Waals surface area contributed by atoms with Crippen LogP contribution in [0.4, 0.5) is 13.2 Å². The molecule has 0 aliphatic heterocycles. The minimum atomic E-state index is -4.34. The van der Waals surface area contributed by atoms with Gasteiger partial charge in [0.05, 0.1) is 5.56 Å². The van der Waals surface area contributed by atoms with E-state index in [0.717, 1.165) is 17.7 Å². The predicted molar refractivity (Wildman–Crippen MR) is 67.8 cm³/mol. The Morgan fingerprint density at radius 2 is 1.67 bits per heavy atom. The largest absolute Gasteiger partial charge is 1.00 e. The second-order valence-electron chi connectivity index (χ2n) is 4.61. The van der Waals surface area contributed by atoms with Gasteiger partial charge in [-0.25, -0.2) is 4.57 Å². The van der Waals surface area contributed by atoms with E-state index in [1.807, 2.05) is 36.1 Å². The lowest BCUT2D eigenvalue weighted by molar-refractivity contribution is -0.671. The van der Waals surface area contributed by atoms with Crippen molar-refractivity contribution in [2.24, 2.45) is 7.05 Å². The smallest absolute Gasteiger partial charge is 0.416 e. The van der Waals surface area contributed by atoms with Crippen molar-refractivity contribution in [2.75, 3.05) is 0 Å². The van der Waals surface area contributed by atoms with E-state index < -0.39 is 11.7 Å². The van der Waals surface area contributed by atoms with Crippen LogP contribution in [0.1, 0.15) is 5.56 Å². The third kappa shape index (κ3) is 3.20. The van der Waals surface area contributed by atoms with E-state index in [-0.39, 0.29) is 24.0 Å². The third-order valence-corrected chi connectivity index (χ3v) is 3.11. The van der Waals surface area contributed by atoms with E-state index in [9.17, 15) is 13.2 Å². The van der Waals surface area contributed by atoms with Crippen molar-refractivity contribution in [3.8, 4) is 11.3 Å².